The van der Waals surface area contributed by atoms with Crippen LogP contribution in [0.1, 0.15) is 11.1 Å². The zero-order chi connectivity index (χ0) is 9.97. The third-order valence-electron chi connectivity index (χ3n) is 2.29. The van der Waals surface area contributed by atoms with Crippen LogP contribution in [0.2, 0.25) is 0 Å². The fourth-order valence-corrected chi connectivity index (χ4v) is 1.55. The summed E-state index contributed by atoms with van der Waals surface area (Å²) in [7, 11) is 0. The van der Waals surface area contributed by atoms with Crippen molar-refractivity contribution in [3.63, 3.8) is 0 Å². The number of hydrogen-bond acceptors (Lipinski definition) is 4. The summed E-state index contributed by atoms with van der Waals surface area (Å²) in [6.45, 7) is 2.78. The molecule has 0 amide bonds. The van der Waals surface area contributed by atoms with Gasteiger partial charge in [0.2, 0.25) is 6.79 Å². The predicted molar refractivity (Wildman–Crippen MR) is 51.1 cm³/mol. The Labute approximate surface area is 82.5 Å². The first-order valence-corrected chi connectivity index (χ1v) is 4.52. The van der Waals surface area contributed by atoms with Crippen molar-refractivity contribution < 1.29 is 14.3 Å². The minimum atomic E-state index is 0.302. The Hall–Kier alpha value is -1.26. The molecular weight excluding hydrogens is 182 g/mol. The molecule has 1 heterocycles. The number of ether oxygens (including phenoxy) is 2. The minimum Gasteiger partial charge on any atom is -0.453 e. The van der Waals surface area contributed by atoms with Crippen molar-refractivity contribution in [2.45, 2.75) is 13.3 Å². The van der Waals surface area contributed by atoms with E-state index in [9.17, 15) is 0 Å². The minimum absolute atomic E-state index is 0.302. The largest absolute Gasteiger partial charge is 0.453 e. The van der Waals surface area contributed by atoms with Crippen LogP contribution < -0.4 is 15.4 Å². The lowest BCUT2D eigenvalue weighted by Gasteiger charge is -2.06. The molecule has 14 heavy (non-hydrogen) atoms. The number of rotatable bonds is 3. The number of nitrogens with two attached hydrogens (primary N) is 1. The van der Waals surface area contributed by atoms with Crippen LogP contribution in [0.5, 0.6) is 11.5 Å². The van der Waals surface area contributed by atoms with Crippen molar-refractivity contribution >= 4 is 0 Å². The van der Waals surface area contributed by atoms with Crippen LogP contribution in [0.25, 0.3) is 0 Å². The SMILES string of the molecule is Cc1ccc(CCON)c2c1OCO2. The fourth-order valence-electron chi connectivity index (χ4n) is 1.55. The first-order chi connectivity index (χ1) is 6.83. The standard InChI is InChI=1S/C10H13NO3/c1-7-2-3-8(4-5-14-11)10-9(7)12-6-13-10/h2-3H,4-6,11H2,1H3. The Morgan fingerprint density at radius 1 is 1.36 bits per heavy atom. The van der Waals surface area contributed by atoms with Crippen LogP contribution in [0.15, 0.2) is 12.1 Å². The summed E-state index contributed by atoms with van der Waals surface area (Å²) >= 11 is 0. The zero-order valence-corrected chi connectivity index (χ0v) is 8.08. The van der Waals surface area contributed by atoms with Crippen LogP contribution in [0, 0.1) is 6.92 Å². The van der Waals surface area contributed by atoms with E-state index in [1.54, 1.807) is 0 Å². The summed E-state index contributed by atoms with van der Waals surface area (Å²) in [5, 5.41) is 0. The van der Waals surface area contributed by atoms with Gasteiger partial charge in [-0.05, 0) is 12.5 Å². The highest BCUT2D eigenvalue weighted by atomic mass is 16.7. The van der Waals surface area contributed by atoms with E-state index in [2.05, 4.69) is 4.84 Å². The van der Waals surface area contributed by atoms with E-state index in [4.69, 9.17) is 15.4 Å². The monoisotopic (exact) mass is 195 g/mol. The van der Waals surface area contributed by atoms with Crippen molar-refractivity contribution in [1.82, 2.24) is 0 Å². The molecule has 4 heteroatoms. The average molecular weight is 195 g/mol. The molecule has 2 rings (SSSR count). The molecule has 0 atom stereocenters. The maximum Gasteiger partial charge on any atom is 0.231 e. The van der Waals surface area contributed by atoms with Gasteiger partial charge in [0.25, 0.3) is 0 Å². The molecule has 0 spiro atoms. The third-order valence-corrected chi connectivity index (χ3v) is 2.29. The van der Waals surface area contributed by atoms with Gasteiger partial charge in [0.1, 0.15) is 0 Å². The van der Waals surface area contributed by atoms with Gasteiger partial charge in [-0.2, -0.15) is 0 Å². The van der Waals surface area contributed by atoms with Crippen molar-refractivity contribution in [2.24, 2.45) is 5.90 Å². The van der Waals surface area contributed by atoms with Gasteiger partial charge < -0.3 is 14.3 Å². The molecule has 1 aromatic rings. The lowest BCUT2D eigenvalue weighted by molar-refractivity contribution is 0.139. The number of benzene rings is 1. The molecule has 0 saturated heterocycles. The van der Waals surface area contributed by atoms with Gasteiger partial charge in [-0.25, -0.2) is 5.90 Å². The van der Waals surface area contributed by atoms with Gasteiger partial charge in [-0.15, -0.1) is 0 Å². The van der Waals surface area contributed by atoms with E-state index in [0.717, 1.165) is 29.0 Å². The Balaban J connectivity index is 2.29. The number of hydrogen-bond donors (Lipinski definition) is 1. The van der Waals surface area contributed by atoms with Gasteiger partial charge in [0, 0.05) is 12.0 Å². The topological polar surface area (TPSA) is 53.7 Å². The molecule has 0 aliphatic carbocycles. The van der Waals surface area contributed by atoms with Crippen LogP contribution >= 0.6 is 0 Å². The Bertz CT molecular complexity index is 338. The van der Waals surface area contributed by atoms with Gasteiger partial charge in [-0.1, -0.05) is 12.1 Å². The van der Waals surface area contributed by atoms with Crippen molar-refractivity contribution in [1.29, 1.82) is 0 Å². The molecule has 0 aromatic heterocycles. The maximum absolute atomic E-state index is 5.39. The Morgan fingerprint density at radius 2 is 2.14 bits per heavy atom. The van der Waals surface area contributed by atoms with E-state index in [1.165, 1.54) is 0 Å². The average Bonchev–Trinajstić information content (AvgIpc) is 2.66. The molecule has 1 aliphatic rings. The first-order valence-electron chi connectivity index (χ1n) is 4.52. The molecule has 0 unspecified atom stereocenters. The molecule has 2 N–H and O–H groups in total. The summed E-state index contributed by atoms with van der Waals surface area (Å²) in [5.74, 6) is 6.66. The quantitative estimate of drug-likeness (QED) is 0.735. The van der Waals surface area contributed by atoms with E-state index in [0.29, 0.717) is 13.4 Å². The summed E-state index contributed by atoms with van der Waals surface area (Å²) in [6.07, 6.45) is 0.739. The Morgan fingerprint density at radius 3 is 2.93 bits per heavy atom. The molecule has 1 aromatic carbocycles. The summed E-state index contributed by atoms with van der Waals surface area (Å²) in [5.41, 5.74) is 2.17. The maximum atomic E-state index is 5.39. The second-order valence-electron chi connectivity index (χ2n) is 3.23. The van der Waals surface area contributed by atoms with Gasteiger partial charge in [0.15, 0.2) is 11.5 Å². The van der Waals surface area contributed by atoms with E-state index < -0.39 is 0 Å². The summed E-state index contributed by atoms with van der Waals surface area (Å²) in [4.78, 5) is 4.54. The van der Waals surface area contributed by atoms with Crippen molar-refractivity contribution in [3.05, 3.63) is 23.3 Å². The molecule has 0 bridgehead atoms. The van der Waals surface area contributed by atoms with Crippen LogP contribution in [0.4, 0.5) is 0 Å². The van der Waals surface area contributed by atoms with Gasteiger partial charge >= 0.3 is 0 Å². The van der Waals surface area contributed by atoms with Gasteiger partial charge in [0.05, 0.1) is 6.61 Å². The summed E-state index contributed by atoms with van der Waals surface area (Å²) < 4.78 is 10.7. The fraction of sp³-hybridized carbons (Fsp3) is 0.400. The highest BCUT2D eigenvalue weighted by Gasteiger charge is 2.19. The predicted octanol–water partition coefficient (Wildman–Crippen LogP) is 1.16. The number of aryl methyl sites for hydroxylation is 1. The second kappa shape index (κ2) is 3.86. The molecule has 76 valence electrons. The first kappa shape index (κ1) is 9.30. The lowest BCUT2D eigenvalue weighted by atomic mass is 10.1. The molecular formula is C10H13NO3. The van der Waals surface area contributed by atoms with Crippen LogP contribution in [-0.2, 0) is 11.3 Å². The smallest absolute Gasteiger partial charge is 0.231 e. The van der Waals surface area contributed by atoms with Crippen molar-refractivity contribution in [2.75, 3.05) is 13.4 Å². The Kier molecular flexibility index (Phi) is 2.56. The molecule has 0 fully saturated rings. The molecule has 0 saturated carbocycles. The number of fused-ring (bicyclic) bond motifs is 1. The lowest BCUT2D eigenvalue weighted by Crippen LogP contribution is -2.04. The molecule has 4 nitrogen and oxygen atoms in total. The summed E-state index contributed by atoms with van der Waals surface area (Å²) in [6, 6.07) is 4.03. The second-order valence-corrected chi connectivity index (χ2v) is 3.23. The van der Waals surface area contributed by atoms with Crippen molar-refractivity contribution in [3.8, 4) is 11.5 Å². The van der Waals surface area contributed by atoms with Crippen LogP contribution in [-0.4, -0.2) is 13.4 Å². The van der Waals surface area contributed by atoms with E-state index >= 15 is 0 Å². The molecule has 1 aliphatic heterocycles. The normalized spacial score (nSPS) is 13.3. The van der Waals surface area contributed by atoms with E-state index in [-0.39, 0.29) is 0 Å². The van der Waals surface area contributed by atoms with Crippen LogP contribution in [0.3, 0.4) is 0 Å². The third kappa shape index (κ3) is 1.54. The van der Waals surface area contributed by atoms with Gasteiger partial charge in [-0.3, -0.25) is 0 Å². The van der Waals surface area contributed by atoms with E-state index in [1.807, 2.05) is 19.1 Å². The highest BCUT2D eigenvalue weighted by molar-refractivity contribution is 5.52. The molecule has 0 radical (unpaired) electrons. The highest BCUT2D eigenvalue weighted by Crippen LogP contribution is 2.38. The zero-order valence-electron chi connectivity index (χ0n) is 8.08.